The Morgan fingerprint density at radius 3 is 2.30 bits per heavy atom. The van der Waals surface area contributed by atoms with Crippen molar-refractivity contribution in [1.82, 2.24) is 9.78 Å². The lowest BCUT2D eigenvalue weighted by Gasteiger charge is -1.96. The Labute approximate surface area is 59.8 Å². The molecule has 0 amide bonds. The van der Waals surface area contributed by atoms with Gasteiger partial charge in [0.25, 0.3) is 0 Å². The molecule has 0 aliphatic rings. The zero-order chi connectivity index (χ0) is 7.72. The second kappa shape index (κ2) is 2.21. The molecule has 0 aliphatic heterocycles. The van der Waals surface area contributed by atoms with Gasteiger partial charge in [-0.1, -0.05) is 0 Å². The van der Waals surface area contributed by atoms with Crippen LogP contribution in [0, 0.1) is 6.92 Å². The van der Waals surface area contributed by atoms with E-state index in [4.69, 9.17) is 11.5 Å². The van der Waals surface area contributed by atoms with Crippen LogP contribution in [-0.2, 0) is 6.54 Å². The quantitative estimate of drug-likeness (QED) is 0.592. The molecule has 0 unspecified atom stereocenters. The van der Waals surface area contributed by atoms with E-state index in [1.54, 1.807) is 4.68 Å². The second-order valence-electron chi connectivity index (χ2n) is 2.20. The third-order valence-corrected chi connectivity index (χ3v) is 1.58. The molecule has 4 N–H and O–H groups in total. The van der Waals surface area contributed by atoms with E-state index >= 15 is 0 Å². The zero-order valence-electron chi connectivity index (χ0n) is 6.26. The lowest BCUT2D eigenvalue weighted by molar-refractivity contribution is 0.643. The van der Waals surface area contributed by atoms with Crippen LogP contribution in [0.5, 0.6) is 0 Å². The lowest BCUT2D eigenvalue weighted by Crippen LogP contribution is -1.99. The van der Waals surface area contributed by atoms with Crippen LogP contribution in [0.25, 0.3) is 0 Å². The van der Waals surface area contributed by atoms with Crippen LogP contribution < -0.4 is 11.5 Å². The van der Waals surface area contributed by atoms with Crippen molar-refractivity contribution in [2.75, 3.05) is 11.5 Å². The minimum Gasteiger partial charge on any atom is -0.394 e. The number of nitrogens with zero attached hydrogens (tertiary/aromatic N) is 2. The average molecular weight is 140 g/mol. The molecule has 0 aromatic carbocycles. The van der Waals surface area contributed by atoms with E-state index < -0.39 is 0 Å². The molecule has 4 nitrogen and oxygen atoms in total. The van der Waals surface area contributed by atoms with Gasteiger partial charge in [0.05, 0.1) is 11.4 Å². The summed E-state index contributed by atoms with van der Waals surface area (Å²) in [7, 11) is 0. The molecule has 0 saturated heterocycles. The van der Waals surface area contributed by atoms with E-state index in [0.29, 0.717) is 11.5 Å². The third kappa shape index (κ3) is 0.814. The van der Waals surface area contributed by atoms with Crippen LogP contribution in [0.4, 0.5) is 11.5 Å². The largest absolute Gasteiger partial charge is 0.394 e. The minimum absolute atomic E-state index is 0.430. The number of anilines is 2. The molecular weight excluding hydrogens is 128 g/mol. The summed E-state index contributed by atoms with van der Waals surface area (Å²) in [5.41, 5.74) is 12.6. The van der Waals surface area contributed by atoms with Gasteiger partial charge in [-0.25, -0.2) is 0 Å². The molecule has 1 heterocycles. The highest BCUT2D eigenvalue weighted by atomic mass is 15.3. The standard InChI is InChI=1S/C6H12N4/c1-3-10-4(2)5(7)6(8)9-10/h3,7H2,1-2H3,(H2,8,9). The van der Waals surface area contributed by atoms with Gasteiger partial charge in [0, 0.05) is 6.54 Å². The topological polar surface area (TPSA) is 69.9 Å². The Hall–Kier alpha value is -1.19. The summed E-state index contributed by atoms with van der Waals surface area (Å²) in [6.45, 7) is 4.72. The van der Waals surface area contributed by atoms with E-state index in [0.717, 1.165) is 12.2 Å². The fraction of sp³-hybridized carbons (Fsp3) is 0.500. The van der Waals surface area contributed by atoms with Crippen molar-refractivity contribution in [2.45, 2.75) is 20.4 Å². The van der Waals surface area contributed by atoms with Crippen molar-refractivity contribution >= 4 is 11.5 Å². The Morgan fingerprint density at radius 2 is 2.10 bits per heavy atom. The Bertz CT molecular complexity index is 238. The summed E-state index contributed by atoms with van der Waals surface area (Å²) in [5.74, 6) is 0.430. The fourth-order valence-corrected chi connectivity index (χ4v) is 0.891. The summed E-state index contributed by atoms with van der Waals surface area (Å²) in [6, 6.07) is 0. The molecule has 0 bridgehead atoms. The van der Waals surface area contributed by atoms with Crippen molar-refractivity contribution in [2.24, 2.45) is 0 Å². The molecular formula is C6H12N4. The van der Waals surface area contributed by atoms with Crippen LogP contribution in [0.3, 0.4) is 0 Å². The van der Waals surface area contributed by atoms with Gasteiger partial charge >= 0.3 is 0 Å². The first kappa shape index (κ1) is 6.92. The van der Waals surface area contributed by atoms with Gasteiger partial charge in [0.1, 0.15) is 0 Å². The van der Waals surface area contributed by atoms with E-state index in [-0.39, 0.29) is 0 Å². The van der Waals surface area contributed by atoms with Gasteiger partial charge in [0.2, 0.25) is 0 Å². The molecule has 1 aromatic heterocycles. The van der Waals surface area contributed by atoms with Crippen LogP contribution in [-0.4, -0.2) is 9.78 Å². The number of aryl methyl sites for hydroxylation is 1. The van der Waals surface area contributed by atoms with Crippen LogP contribution in [0.1, 0.15) is 12.6 Å². The predicted octanol–water partition coefficient (Wildman–Crippen LogP) is 0.376. The van der Waals surface area contributed by atoms with Gasteiger partial charge in [-0.3, -0.25) is 4.68 Å². The van der Waals surface area contributed by atoms with Crippen LogP contribution in [0.15, 0.2) is 0 Å². The maximum absolute atomic E-state index is 5.57. The van der Waals surface area contributed by atoms with Crippen molar-refractivity contribution in [1.29, 1.82) is 0 Å². The molecule has 4 heteroatoms. The van der Waals surface area contributed by atoms with E-state index in [1.807, 2.05) is 13.8 Å². The first-order chi connectivity index (χ1) is 4.66. The highest BCUT2D eigenvalue weighted by Crippen LogP contribution is 2.16. The van der Waals surface area contributed by atoms with Crippen molar-refractivity contribution in [3.05, 3.63) is 5.69 Å². The highest BCUT2D eigenvalue weighted by Gasteiger charge is 2.05. The number of hydrogen-bond acceptors (Lipinski definition) is 3. The van der Waals surface area contributed by atoms with Gasteiger partial charge in [-0.2, -0.15) is 5.10 Å². The molecule has 1 aromatic rings. The summed E-state index contributed by atoms with van der Waals surface area (Å²) in [6.07, 6.45) is 0. The molecule has 0 saturated carbocycles. The molecule has 0 aliphatic carbocycles. The highest BCUT2D eigenvalue weighted by molar-refractivity contribution is 5.61. The molecule has 0 fully saturated rings. The predicted molar refractivity (Wildman–Crippen MR) is 41.5 cm³/mol. The number of nitrogens with two attached hydrogens (primary N) is 2. The maximum Gasteiger partial charge on any atom is 0.168 e. The molecule has 0 atom stereocenters. The summed E-state index contributed by atoms with van der Waals surface area (Å²) >= 11 is 0. The smallest absolute Gasteiger partial charge is 0.168 e. The molecule has 0 spiro atoms. The zero-order valence-corrected chi connectivity index (χ0v) is 6.26. The number of aromatic nitrogens is 2. The Kier molecular flexibility index (Phi) is 1.53. The minimum atomic E-state index is 0.430. The SMILES string of the molecule is CCn1nc(N)c(N)c1C. The first-order valence-electron chi connectivity index (χ1n) is 3.25. The molecule has 1 rings (SSSR count). The van der Waals surface area contributed by atoms with Crippen LogP contribution in [0.2, 0.25) is 0 Å². The van der Waals surface area contributed by atoms with E-state index in [9.17, 15) is 0 Å². The summed E-state index contributed by atoms with van der Waals surface area (Å²) in [4.78, 5) is 0. The third-order valence-electron chi connectivity index (χ3n) is 1.58. The van der Waals surface area contributed by atoms with Crippen molar-refractivity contribution in [3.8, 4) is 0 Å². The van der Waals surface area contributed by atoms with Crippen molar-refractivity contribution < 1.29 is 0 Å². The molecule has 10 heavy (non-hydrogen) atoms. The van der Waals surface area contributed by atoms with E-state index in [2.05, 4.69) is 5.10 Å². The summed E-state index contributed by atoms with van der Waals surface area (Å²) < 4.78 is 1.78. The van der Waals surface area contributed by atoms with Gasteiger partial charge in [-0.15, -0.1) is 0 Å². The Morgan fingerprint density at radius 1 is 1.50 bits per heavy atom. The lowest BCUT2D eigenvalue weighted by atomic mass is 10.4. The summed E-state index contributed by atoms with van der Waals surface area (Å²) in [5, 5.41) is 4.00. The number of nitrogen functional groups attached to an aromatic ring is 2. The van der Waals surface area contributed by atoms with E-state index in [1.165, 1.54) is 0 Å². The van der Waals surface area contributed by atoms with Crippen molar-refractivity contribution in [3.63, 3.8) is 0 Å². The Balaban J connectivity index is 3.17. The normalized spacial score (nSPS) is 10.2. The number of hydrogen-bond donors (Lipinski definition) is 2. The monoisotopic (exact) mass is 140 g/mol. The van der Waals surface area contributed by atoms with Gasteiger partial charge in [-0.05, 0) is 13.8 Å². The number of rotatable bonds is 1. The average Bonchev–Trinajstić information content (AvgIpc) is 2.17. The van der Waals surface area contributed by atoms with Gasteiger partial charge in [0.15, 0.2) is 5.82 Å². The molecule has 0 radical (unpaired) electrons. The second-order valence-corrected chi connectivity index (χ2v) is 2.20. The van der Waals surface area contributed by atoms with Crippen LogP contribution >= 0.6 is 0 Å². The van der Waals surface area contributed by atoms with Gasteiger partial charge < -0.3 is 11.5 Å². The first-order valence-corrected chi connectivity index (χ1v) is 3.25. The maximum atomic E-state index is 5.57. The fourth-order valence-electron chi connectivity index (χ4n) is 0.891. The molecule has 56 valence electrons.